The Kier molecular flexibility index (Phi) is 23.8. The minimum absolute atomic E-state index is 0.0226. The molecule has 0 bridgehead atoms. The first kappa shape index (κ1) is 64.0. The van der Waals surface area contributed by atoms with Gasteiger partial charge in [0.05, 0.1) is 68.1 Å². The van der Waals surface area contributed by atoms with Crippen molar-refractivity contribution in [3.63, 3.8) is 0 Å². The van der Waals surface area contributed by atoms with Crippen molar-refractivity contribution >= 4 is 106 Å². The normalized spacial score (nSPS) is 11.3. The highest BCUT2D eigenvalue weighted by Gasteiger charge is 2.24. The molecular formula is C56H60N8O17S3. The number of benzene rings is 3. The van der Waals surface area contributed by atoms with Gasteiger partial charge in [-0.1, -0.05) is 42.2 Å². The molecule has 6 aromatic rings. The number of thiophene rings is 2. The molecule has 0 saturated carbocycles. The highest BCUT2D eigenvalue weighted by atomic mass is 32.2. The zero-order valence-corrected chi connectivity index (χ0v) is 48.2. The van der Waals surface area contributed by atoms with Gasteiger partial charge in [0.15, 0.2) is 35.5 Å². The smallest absolute Gasteiger partial charge is 0.305 e. The van der Waals surface area contributed by atoms with Crippen LogP contribution in [0.15, 0.2) is 84.3 Å². The molecule has 25 nitrogen and oxygen atoms in total. The molecule has 6 rings (SSSR count). The van der Waals surface area contributed by atoms with E-state index in [0.717, 1.165) is 22.3 Å². The number of amides is 6. The van der Waals surface area contributed by atoms with Crippen molar-refractivity contribution in [1.82, 2.24) is 41.5 Å². The number of hydrogen-bond donors (Lipinski definition) is 7. The molecule has 444 valence electrons. The molecule has 3 heterocycles. The second-order valence-electron chi connectivity index (χ2n) is 18.5. The molecule has 0 aliphatic carbocycles. The van der Waals surface area contributed by atoms with E-state index in [2.05, 4.69) is 48.4 Å². The van der Waals surface area contributed by atoms with Gasteiger partial charge in [-0.2, -0.15) is 0 Å². The first-order valence-corrected chi connectivity index (χ1v) is 29.4. The number of methoxy groups -OCH3 is 1. The van der Waals surface area contributed by atoms with Crippen LogP contribution in [0.3, 0.4) is 0 Å². The second kappa shape index (κ2) is 31.3. The number of carboxylic acid groups (broad SMARTS) is 2. The van der Waals surface area contributed by atoms with Gasteiger partial charge in [-0.15, -0.1) is 22.7 Å². The molecule has 3 aromatic carbocycles. The van der Waals surface area contributed by atoms with Gasteiger partial charge in [-0.3, -0.25) is 43.2 Å². The van der Waals surface area contributed by atoms with Crippen LogP contribution in [0.25, 0.3) is 20.2 Å². The molecule has 84 heavy (non-hydrogen) atoms. The number of nitrogens with one attached hydrogen (secondary N) is 5. The molecule has 7 N–H and O–H groups in total. The number of ether oxygens (including phenoxy) is 4. The Labute approximate surface area is 489 Å². The zero-order chi connectivity index (χ0) is 60.8. The van der Waals surface area contributed by atoms with Gasteiger partial charge in [0.25, 0.3) is 5.91 Å². The third-order valence-electron chi connectivity index (χ3n) is 11.9. The van der Waals surface area contributed by atoms with E-state index in [4.69, 9.17) is 29.2 Å². The van der Waals surface area contributed by atoms with Crippen LogP contribution < -0.4 is 45.5 Å². The number of carbonyl (C=O) groups excluding carboxylic acids is 7. The number of aromatic nitrogens is 2. The van der Waals surface area contributed by atoms with Crippen molar-refractivity contribution in [3.8, 4) is 34.8 Å². The predicted molar refractivity (Wildman–Crippen MR) is 307 cm³/mol. The topological polar surface area (TPSA) is 354 Å². The molecule has 0 fully saturated rings. The van der Waals surface area contributed by atoms with E-state index in [1.165, 1.54) is 42.8 Å². The number of hydrogen-bond acceptors (Lipinski definition) is 19. The lowest BCUT2D eigenvalue weighted by molar-refractivity contribution is -0.138. The standard InChI is InChI=1S/C56H60N8O17S3/c1-64(18-17-53(72)73)55(75)47-25-37-22-41(40(78-2)26-44(37)83-47)79-19-10-20-80-42-23-36-24-46(39(65)15-16-52(70)71)82-45(36)27-43(42)81-33-62-50(68)31-59-54(74)38(21-34-11-6-4-7-12-34)63-51(69)32-58-49(67)30-57-48(66)14-9-5-8-13-35-28-60-56(61-29-35)84(3,76)77/h4,6-7,11-12,22-29,38H,5,9-10,14-21,30-33H2,1-3H3,(H,57,66)(H,58,67)(H,59,74)(H,62,68)(H,63,69)(H,70,71)(H,72,73)/t38-/m0/s1. The molecule has 0 unspecified atom stereocenters. The summed E-state index contributed by atoms with van der Waals surface area (Å²) in [6, 6.07) is 17.6. The Balaban J connectivity index is 0.987. The largest absolute Gasteiger partial charge is 0.493 e. The average molecular weight is 1210 g/mol. The zero-order valence-electron chi connectivity index (χ0n) is 45.8. The second-order valence-corrected chi connectivity index (χ2v) is 22.6. The number of carbonyl (C=O) groups is 9. The minimum atomic E-state index is -3.55. The Hall–Kier alpha value is -9.20. The molecule has 3 aromatic heterocycles. The molecule has 6 amide bonds. The van der Waals surface area contributed by atoms with Crippen molar-refractivity contribution < 1.29 is 80.7 Å². The first-order valence-electron chi connectivity index (χ1n) is 25.9. The highest BCUT2D eigenvalue weighted by molar-refractivity contribution is 7.90. The lowest BCUT2D eigenvalue weighted by Gasteiger charge is -2.19. The number of aliphatic carboxylic acids is 2. The highest BCUT2D eigenvalue weighted by Crippen LogP contribution is 2.39. The fourth-order valence-corrected chi connectivity index (χ4v) is 10.2. The van der Waals surface area contributed by atoms with Gasteiger partial charge in [0.1, 0.15) is 6.04 Å². The van der Waals surface area contributed by atoms with Gasteiger partial charge in [0, 0.05) is 85.9 Å². The van der Waals surface area contributed by atoms with Crippen LogP contribution >= 0.6 is 22.7 Å². The van der Waals surface area contributed by atoms with Crippen LogP contribution in [0.1, 0.15) is 75.4 Å². The molecule has 0 saturated heterocycles. The molecular weight excluding hydrogens is 1150 g/mol. The van der Waals surface area contributed by atoms with Gasteiger partial charge < -0.3 is 60.6 Å². The fourth-order valence-electron chi connectivity index (χ4n) is 7.59. The van der Waals surface area contributed by atoms with Crippen molar-refractivity contribution in [2.45, 2.75) is 62.6 Å². The SMILES string of the molecule is COc1cc2sc(C(=O)N(C)CCC(=O)O)cc2cc1OCCCOc1cc2cc(C(=O)CCC(=O)O)sc2cc1OCNC(=O)CNC(=O)[C@H](Cc1ccccc1)NC(=O)CNC(=O)CNC(=O)CCCC#Cc1cnc(S(C)(=O)=O)nc1. The van der Waals surface area contributed by atoms with Crippen LogP contribution in [0.2, 0.25) is 0 Å². The number of nitrogens with zero attached hydrogens (tertiary/aromatic N) is 3. The Bertz CT molecular complexity index is 3560. The minimum Gasteiger partial charge on any atom is -0.493 e. The number of rotatable bonds is 32. The molecule has 1 atom stereocenters. The van der Waals surface area contributed by atoms with Gasteiger partial charge in [-0.25, -0.2) is 18.4 Å². The van der Waals surface area contributed by atoms with Crippen LogP contribution in [-0.2, 0) is 49.8 Å². The van der Waals surface area contributed by atoms with Gasteiger partial charge in [-0.05, 0) is 47.0 Å². The number of fused-ring (bicyclic) bond motifs is 2. The number of unbranched alkanes of at least 4 members (excludes halogenated alkanes) is 1. The molecule has 28 heteroatoms. The summed E-state index contributed by atoms with van der Waals surface area (Å²) in [6.07, 6.45) is 3.88. The number of ketones is 1. The Morgan fingerprint density at radius 1 is 0.667 bits per heavy atom. The van der Waals surface area contributed by atoms with E-state index in [1.54, 1.807) is 66.7 Å². The lowest BCUT2D eigenvalue weighted by Crippen LogP contribution is -2.52. The maximum atomic E-state index is 13.5. The third kappa shape index (κ3) is 20.4. The van der Waals surface area contributed by atoms with Crippen molar-refractivity contribution in [2.75, 3.05) is 66.5 Å². The summed E-state index contributed by atoms with van der Waals surface area (Å²) in [7, 11) is -0.536. The van der Waals surface area contributed by atoms with E-state index in [0.29, 0.717) is 67.1 Å². The van der Waals surface area contributed by atoms with Crippen LogP contribution in [-0.4, -0.2) is 159 Å². The molecule has 0 aliphatic rings. The summed E-state index contributed by atoms with van der Waals surface area (Å²) in [5.41, 5.74) is 1.08. The Morgan fingerprint density at radius 3 is 1.90 bits per heavy atom. The van der Waals surface area contributed by atoms with Crippen molar-refractivity contribution in [1.29, 1.82) is 0 Å². The molecule has 0 radical (unpaired) electrons. The van der Waals surface area contributed by atoms with Crippen LogP contribution in [0, 0.1) is 11.8 Å². The van der Waals surface area contributed by atoms with Crippen molar-refractivity contribution in [2.24, 2.45) is 0 Å². The van der Waals surface area contributed by atoms with E-state index in [1.807, 2.05) is 0 Å². The van der Waals surface area contributed by atoms with Gasteiger partial charge in [0.2, 0.25) is 44.5 Å². The third-order valence-corrected chi connectivity index (χ3v) is 15.0. The summed E-state index contributed by atoms with van der Waals surface area (Å²) in [5, 5.41) is 31.7. The van der Waals surface area contributed by atoms with E-state index in [9.17, 15) is 51.6 Å². The maximum absolute atomic E-state index is 13.5. The molecule has 0 aliphatic heterocycles. The van der Waals surface area contributed by atoms with Crippen LogP contribution in [0.4, 0.5) is 0 Å². The summed E-state index contributed by atoms with van der Waals surface area (Å²) < 4.78 is 48.2. The van der Waals surface area contributed by atoms with E-state index in [-0.39, 0.29) is 80.2 Å². The van der Waals surface area contributed by atoms with Crippen molar-refractivity contribution in [3.05, 3.63) is 100 Å². The summed E-state index contributed by atoms with van der Waals surface area (Å²) in [5.74, 6) is 0.812. The first-order chi connectivity index (χ1) is 40.1. The van der Waals surface area contributed by atoms with Gasteiger partial charge >= 0.3 is 11.9 Å². The average Bonchev–Trinajstić information content (AvgIpc) is 4.33. The number of Topliss-reactive ketones (excluding diaryl/α,β-unsaturated/α-hetero) is 1. The summed E-state index contributed by atoms with van der Waals surface area (Å²) >= 11 is 2.36. The lowest BCUT2D eigenvalue weighted by atomic mass is 10.1. The monoisotopic (exact) mass is 1210 g/mol. The maximum Gasteiger partial charge on any atom is 0.305 e. The summed E-state index contributed by atoms with van der Waals surface area (Å²) in [6.45, 7) is -1.62. The predicted octanol–water partition coefficient (Wildman–Crippen LogP) is 3.51. The fraction of sp³-hybridized carbons (Fsp3) is 0.339. The number of carboxylic acids is 2. The van der Waals surface area contributed by atoms with Crippen LogP contribution in [0.5, 0.6) is 23.0 Å². The quantitative estimate of drug-likeness (QED) is 0.0104. The Morgan fingerprint density at radius 2 is 1.25 bits per heavy atom. The summed E-state index contributed by atoms with van der Waals surface area (Å²) in [4.78, 5) is 122. The molecule has 0 spiro atoms. The van der Waals surface area contributed by atoms with E-state index >= 15 is 0 Å². The number of sulfone groups is 1. The van der Waals surface area contributed by atoms with E-state index < -0.39 is 83.7 Å².